The Morgan fingerprint density at radius 3 is 2.90 bits per heavy atom. The van der Waals surface area contributed by atoms with Gasteiger partial charge in [0.15, 0.2) is 0 Å². The Kier molecular flexibility index (Phi) is 5.90. The van der Waals surface area contributed by atoms with Crippen molar-refractivity contribution in [3.63, 3.8) is 0 Å². The topological polar surface area (TPSA) is 89.6 Å². The van der Waals surface area contributed by atoms with E-state index in [1.54, 1.807) is 25.4 Å². The van der Waals surface area contributed by atoms with Crippen LogP contribution in [0.2, 0.25) is 0 Å². The summed E-state index contributed by atoms with van der Waals surface area (Å²) >= 11 is 1.73. The minimum absolute atomic E-state index is 0.0828. The van der Waals surface area contributed by atoms with Gasteiger partial charge in [0.25, 0.3) is 15.8 Å². The van der Waals surface area contributed by atoms with Crippen LogP contribution in [0, 0.1) is 0 Å². The number of hydrogen-bond acceptors (Lipinski definition) is 6. The zero-order chi connectivity index (χ0) is 20.6. The maximum absolute atomic E-state index is 12.8. The Hall–Kier alpha value is -1.59. The predicted molar refractivity (Wildman–Crippen MR) is 113 cm³/mol. The van der Waals surface area contributed by atoms with Crippen molar-refractivity contribution in [3.05, 3.63) is 49.8 Å². The van der Waals surface area contributed by atoms with E-state index in [9.17, 15) is 13.2 Å². The fraction of sp³-hybridized carbons (Fsp3) is 0.579. The molecule has 0 aliphatic carbocycles. The predicted octanol–water partition coefficient (Wildman–Crippen LogP) is 1.38. The molecule has 8 nitrogen and oxygen atoms in total. The summed E-state index contributed by atoms with van der Waals surface area (Å²) in [6.45, 7) is 3.17. The molecule has 1 fully saturated rings. The molecule has 1 saturated heterocycles. The van der Waals surface area contributed by atoms with Crippen LogP contribution in [0.3, 0.4) is 0 Å². The Labute approximate surface area is 175 Å². The van der Waals surface area contributed by atoms with Crippen molar-refractivity contribution in [2.24, 2.45) is 0 Å². The number of hydrogen-bond donors (Lipinski definition) is 1. The van der Waals surface area contributed by atoms with E-state index in [1.807, 2.05) is 6.07 Å². The fourth-order valence-corrected chi connectivity index (χ4v) is 5.99. The molecule has 1 N–H and O–H groups in total. The van der Waals surface area contributed by atoms with E-state index in [4.69, 9.17) is 4.98 Å². The highest BCUT2D eigenvalue weighted by Gasteiger charge is 2.33. The maximum atomic E-state index is 12.8. The van der Waals surface area contributed by atoms with Crippen molar-refractivity contribution in [2.75, 3.05) is 33.7 Å². The highest BCUT2D eigenvalue weighted by atomic mass is 32.2. The number of aromatic nitrogens is 2. The summed E-state index contributed by atoms with van der Waals surface area (Å²) in [5, 5.41) is 2.07. The lowest BCUT2D eigenvalue weighted by Gasteiger charge is -2.33. The van der Waals surface area contributed by atoms with Gasteiger partial charge in [-0.3, -0.25) is 9.69 Å². The van der Waals surface area contributed by atoms with Gasteiger partial charge in [-0.05, 0) is 24.3 Å². The van der Waals surface area contributed by atoms with Crippen molar-refractivity contribution >= 4 is 21.5 Å². The first kappa shape index (κ1) is 20.7. The molecule has 2 aromatic rings. The van der Waals surface area contributed by atoms with Crippen LogP contribution < -0.4 is 5.56 Å². The van der Waals surface area contributed by atoms with Gasteiger partial charge < -0.3 is 4.98 Å². The fourth-order valence-electron chi connectivity index (χ4n) is 4.06. The molecule has 2 aliphatic rings. The van der Waals surface area contributed by atoms with Gasteiger partial charge in [0.1, 0.15) is 5.82 Å². The number of aromatic amines is 1. The molecule has 2 aliphatic heterocycles. The van der Waals surface area contributed by atoms with E-state index in [1.165, 1.54) is 13.5 Å². The average Bonchev–Trinajstić information content (AvgIpc) is 3.21. The first-order chi connectivity index (χ1) is 13.8. The summed E-state index contributed by atoms with van der Waals surface area (Å²) in [6.07, 6.45) is 2.32. The van der Waals surface area contributed by atoms with Gasteiger partial charge in [-0.1, -0.05) is 6.07 Å². The first-order valence-corrected chi connectivity index (χ1v) is 12.2. The monoisotopic (exact) mass is 437 g/mol. The molecule has 0 aromatic carbocycles. The molecule has 158 valence electrons. The van der Waals surface area contributed by atoms with E-state index in [0.717, 1.165) is 43.6 Å². The maximum Gasteiger partial charge on any atom is 0.281 e. The Bertz CT molecular complexity index is 1020. The lowest BCUT2D eigenvalue weighted by atomic mass is 9.98. The minimum atomic E-state index is -3.46. The van der Waals surface area contributed by atoms with Crippen molar-refractivity contribution in [1.82, 2.24) is 23.5 Å². The van der Waals surface area contributed by atoms with Gasteiger partial charge in [0.2, 0.25) is 0 Å². The molecule has 29 heavy (non-hydrogen) atoms. The molecular weight excluding hydrogens is 410 g/mol. The first-order valence-electron chi connectivity index (χ1n) is 9.89. The molecule has 0 amide bonds. The second kappa shape index (κ2) is 8.27. The van der Waals surface area contributed by atoms with Gasteiger partial charge in [-0.2, -0.15) is 17.0 Å². The summed E-state index contributed by atoms with van der Waals surface area (Å²) in [5.41, 5.74) is 1.51. The third-order valence-corrected chi connectivity index (χ3v) is 8.45. The molecule has 0 spiro atoms. The van der Waals surface area contributed by atoms with Crippen LogP contribution in [0.4, 0.5) is 0 Å². The minimum Gasteiger partial charge on any atom is -0.310 e. The largest absolute Gasteiger partial charge is 0.310 e. The summed E-state index contributed by atoms with van der Waals surface area (Å²) in [7, 11) is -0.376. The highest BCUT2D eigenvalue weighted by Crippen LogP contribution is 2.27. The zero-order valence-electron chi connectivity index (χ0n) is 16.8. The van der Waals surface area contributed by atoms with Crippen molar-refractivity contribution in [1.29, 1.82) is 0 Å². The lowest BCUT2D eigenvalue weighted by molar-refractivity contribution is 0.242. The smallest absolute Gasteiger partial charge is 0.281 e. The molecule has 4 heterocycles. The van der Waals surface area contributed by atoms with Crippen LogP contribution in [0.5, 0.6) is 0 Å². The van der Waals surface area contributed by atoms with Crippen LogP contribution in [-0.2, 0) is 29.7 Å². The van der Waals surface area contributed by atoms with E-state index < -0.39 is 10.2 Å². The van der Waals surface area contributed by atoms with Crippen LogP contribution >= 0.6 is 11.3 Å². The van der Waals surface area contributed by atoms with Gasteiger partial charge in [0.05, 0.1) is 11.3 Å². The second-order valence-corrected chi connectivity index (χ2v) is 11.1. The highest BCUT2D eigenvalue weighted by molar-refractivity contribution is 7.86. The van der Waals surface area contributed by atoms with Gasteiger partial charge in [-0.25, -0.2) is 4.98 Å². The summed E-state index contributed by atoms with van der Waals surface area (Å²) in [6, 6.07) is 4.16. The van der Waals surface area contributed by atoms with E-state index in [0.29, 0.717) is 25.5 Å². The summed E-state index contributed by atoms with van der Waals surface area (Å²) < 4.78 is 27.7. The molecule has 0 unspecified atom stereocenters. The van der Waals surface area contributed by atoms with E-state index in [2.05, 4.69) is 21.3 Å². The number of fused-ring (bicyclic) bond motifs is 1. The molecule has 4 rings (SSSR count). The molecule has 0 saturated carbocycles. The normalized spacial score (nSPS) is 21.4. The summed E-state index contributed by atoms with van der Waals surface area (Å²) in [5.74, 6) is 0.541. The third-order valence-electron chi connectivity index (χ3n) is 5.68. The van der Waals surface area contributed by atoms with Gasteiger partial charge >= 0.3 is 0 Å². The van der Waals surface area contributed by atoms with Gasteiger partial charge in [0, 0.05) is 64.0 Å². The second-order valence-electron chi connectivity index (χ2n) is 7.90. The summed E-state index contributed by atoms with van der Waals surface area (Å²) in [4.78, 5) is 24.1. The lowest BCUT2D eigenvalue weighted by Crippen LogP contribution is -2.45. The van der Waals surface area contributed by atoms with Crippen molar-refractivity contribution in [3.8, 4) is 0 Å². The van der Waals surface area contributed by atoms with E-state index >= 15 is 0 Å². The Balaban J connectivity index is 1.52. The van der Waals surface area contributed by atoms with Crippen LogP contribution in [0.25, 0.3) is 0 Å². The van der Waals surface area contributed by atoms with E-state index in [-0.39, 0.29) is 11.5 Å². The van der Waals surface area contributed by atoms with Crippen molar-refractivity contribution < 1.29 is 8.42 Å². The van der Waals surface area contributed by atoms with Crippen molar-refractivity contribution in [2.45, 2.75) is 38.3 Å². The number of thiophene rings is 1. The Morgan fingerprint density at radius 2 is 2.17 bits per heavy atom. The molecule has 1 atom stereocenters. The average molecular weight is 438 g/mol. The zero-order valence-corrected chi connectivity index (χ0v) is 18.4. The Morgan fingerprint density at radius 1 is 1.34 bits per heavy atom. The molecule has 0 radical (unpaired) electrons. The number of piperidine rings is 1. The standard InChI is InChI=1S/C19H27N5O3S2/c1-22(2)29(26,27)24-8-3-5-14(11-24)18-20-17-7-9-23(12-15-6-4-10-28-15)13-16(17)19(25)21-18/h4,6,10,14H,3,5,7-9,11-13H2,1-2H3,(H,20,21,25)/t14-/m0/s1. The number of rotatable bonds is 5. The quantitative estimate of drug-likeness (QED) is 0.763. The SMILES string of the molecule is CN(C)S(=O)(=O)N1CCC[C@H](c2nc3c(c(=O)[nH]2)CN(Cc2cccs2)CC3)C1. The molecule has 10 heteroatoms. The number of nitrogens with zero attached hydrogens (tertiary/aromatic N) is 4. The molecular formula is C19H27N5O3S2. The van der Waals surface area contributed by atoms with Crippen LogP contribution in [-0.4, -0.2) is 65.6 Å². The van der Waals surface area contributed by atoms with Crippen LogP contribution in [0.1, 0.15) is 40.7 Å². The van der Waals surface area contributed by atoms with Crippen LogP contribution in [0.15, 0.2) is 22.3 Å². The number of H-pyrrole nitrogens is 1. The van der Waals surface area contributed by atoms with Gasteiger partial charge in [-0.15, -0.1) is 11.3 Å². The number of nitrogens with one attached hydrogen (secondary N) is 1. The third kappa shape index (κ3) is 4.31. The molecule has 2 aromatic heterocycles. The molecule has 0 bridgehead atoms.